The molecular weight excluding hydrogens is 459 g/mol. The second-order valence-electron chi connectivity index (χ2n) is 6.92. The van der Waals surface area contributed by atoms with Crippen LogP contribution in [0.3, 0.4) is 0 Å². The number of carbonyl (C=O) groups is 1. The number of carbonyl (C=O) groups excluding carboxylic acids is 1. The molecule has 0 bridgehead atoms. The SMILES string of the molecule is CN=C(NCC(=O)N1CCc2ccccc21)N1CCSC(C(C)C)C1.I. The highest BCUT2D eigenvalue weighted by Gasteiger charge is 2.27. The highest BCUT2D eigenvalue weighted by Crippen LogP contribution is 2.27. The number of hydrogen-bond acceptors (Lipinski definition) is 3. The minimum Gasteiger partial charge on any atom is -0.347 e. The summed E-state index contributed by atoms with van der Waals surface area (Å²) in [7, 11) is 1.80. The minimum absolute atomic E-state index is 0. The number of halogens is 1. The lowest BCUT2D eigenvalue weighted by Crippen LogP contribution is -2.51. The van der Waals surface area contributed by atoms with E-state index in [-0.39, 0.29) is 36.4 Å². The molecule has 144 valence electrons. The van der Waals surface area contributed by atoms with Gasteiger partial charge in [-0.15, -0.1) is 24.0 Å². The van der Waals surface area contributed by atoms with Gasteiger partial charge in [0, 0.05) is 43.4 Å². The van der Waals surface area contributed by atoms with E-state index in [2.05, 4.69) is 35.1 Å². The van der Waals surface area contributed by atoms with Gasteiger partial charge in [0.05, 0.1) is 6.54 Å². The van der Waals surface area contributed by atoms with Gasteiger partial charge in [-0.1, -0.05) is 32.0 Å². The summed E-state index contributed by atoms with van der Waals surface area (Å²) in [5.41, 5.74) is 2.31. The molecule has 2 heterocycles. The molecule has 1 aromatic rings. The number of aliphatic imine (C=N–C) groups is 1. The molecule has 1 aromatic carbocycles. The van der Waals surface area contributed by atoms with Crippen molar-refractivity contribution >= 4 is 53.3 Å². The molecule has 2 aliphatic rings. The van der Waals surface area contributed by atoms with Gasteiger partial charge in [0.1, 0.15) is 0 Å². The molecule has 0 aliphatic carbocycles. The second kappa shape index (κ2) is 9.82. The van der Waals surface area contributed by atoms with Gasteiger partial charge < -0.3 is 15.1 Å². The average Bonchev–Trinajstić information content (AvgIpc) is 3.06. The molecule has 0 saturated carbocycles. The normalized spacial score (nSPS) is 20.0. The number of amides is 1. The van der Waals surface area contributed by atoms with Crippen LogP contribution >= 0.6 is 35.7 Å². The van der Waals surface area contributed by atoms with Crippen LogP contribution in [0.1, 0.15) is 19.4 Å². The van der Waals surface area contributed by atoms with Crippen LogP contribution in [-0.2, 0) is 11.2 Å². The summed E-state index contributed by atoms with van der Waals surface area (Å²) in [6.07, 6.45) is 0.941. The maximum absolute atomic E-state index is 12.7. The first kappa shape index (κ1) is 21.3. The number of rotatable bonds is 3. The predicted molar refractivity (Wildman–Crippen MR) is 122 cm³/mol. The largest absolute Gasteiger partial charge is 0.347 e. The molecule has 5 nitrogen and oxygen atoms in total. The van der Waals surface area contributed by atoms with Gasteiger partial charge in [0.15, 0.2) is 5.96 Å². The molecule has 0 spiro atoms. The van der Waals surface area contributed by atoms with Crippen molar-refractivity contribution in [3.63, 3.8) is 0 Å². The van der Waals surface area contributed by atoms with E-state index in [1.165, 1.54) is 5.56 Å². The third-order valence-electron chi connectivity index (χ3n) is 4.93. The Bertz CT molecular complexity index is 652. The Morgan fingerprint density at radius 3 is 2.85 bits per heavy atom. The molecule has 1 saturated heterocycles. The van der Waals surface area contributed by atoms with Gasteiger partial charge in [-0.3, -0.25) is 9.79 Å². The fraction of sp³-hybridized carbons (Fsp3) is 0.579. The van der Waals surface area contributed by atoms with E-state index in [1.807, 2.05) is 34.9 Å². The van der Waals surface area contributed by atoms with E-state index >= 15 is 0 Å². The summed E-state index contributed by atoms with van der Waals surface area (Å²) >= 11 is 2.04. The zero-order valence-corrected chi connectivity index (χ0v) is 18.9. The van der Waals surface area contributed by atoms with Gasteiger partial charge in [-0.2, -0.15) is 11.8 Å². The summed E-state index contributed by atoms with van der Waals surface area (Å²) in [5.74, 6) is 2.70. The van der Waals surface area contributed by atoms with Gasteiger partial charge in [-0.05, 0) is 24.0 Å². The Labute approximate surface area is 178 Å². The molecule has 1 atom stereocenters. The van der Waals surface area contributed by atoms with Crippen molar-refractivity contribution in [1.29, 1.82) is 0 Å². The zero-order chi connectivity index (χ0) is 17.8. The molecule has 1 amide bonds. The van der Waals surface area contributed by atoms with Crippen LogP contribution in [0, 0.1) is 5.92 Å². The molecule has 1 fully saturated rings. The van der Waals surface area contributed by atoms with Gasteiger partial charge in [0.25, 0.3) is 0 Å². The number of nitrogens with one attached hydrogen (secondary N) is 1. The first-order valence-corrected chi connectivity index (χ1v) is 10.1. The number of hydrogen-bond donors (Lipinski definition) is 1. The monoisotopic (exact) mass is 488 g/mol. The van der Waals surface area contributed by atoms with Crippen molar-refractivity contribution in [2.75, 3.05) is 43.9 Å². The zero-order valence-electron chi connectivity index (χ0n) is 15.8. The van der Waals surface area contributed by atoms with Crippen LogP contribution in [0.4, 0.5) is 5.69 Å². The standard InChI is InChI=1S/C19H28N4OS.HI/c1-14(2)17-13-22(10-11-25-17)19(20-3)21-12-18(24)23-9-8-15-6-4-5-7-16(15)23;/h4-7,14,17H,8-13H2,1-3H3,(H,20,21);1H. The number of para-hydroxylation sites is 1. The van der Waals surface area contributed by atoms with E-state index in [0.29, 0.717) is 11.2 Å². The second-order valence-corrected chi connectivity index (χ2v) is 8.27. The smallest absolute Gasteiger partial charge is 0.246 e. The summed E-state index contributed by atoms with van der Waals surface area (Å²) in [6.45, 7) is 7.57. The lowest BCUT2D eigenvalue weighted by molar-refractivity contribution is -0.117. The highest BCUT2D eigenvalue weighted by molar-refractivity contribution is 14.0. The van der Waals surface area contributed by atoms with Crippen molar-refractivity contribution in [3.8, 4) is 0 Å². The van der Waals surface area contributed by atoms with Gasteiger partial charge >= 0.3 is 0 Å². The number of nitrogens with zero attached hydrogens (tertiary/aromatic N) is 3. The van der Waals surface area contributed by atoms with Crippen LogP contribution in [0.5, 0.6) is 0 Å². The number of anilines is 1. The summed E-state index contributed by atoms with van der Waals surface area (Å²) in [6, 6.07) is 8.16. The van der Waals surface area contributed by atoms with Crippen molar-refractivity contribution in [2.45, 2.75) is 25.5 Å². The topological polar surface area (TPSA) is 47.9 Å². The maximum atomic E-state index is 12.7. The molecule has 1 unspecified atom stereocenters. The number of fused-ring (bicyclic) bond motifs is 1. The van der Waals surface area contributed by atoms with Crippen molar-refractivity contribution in [3.05, 3.63) is 29.8 Å². The Kier molecular flexibility index (Phi) is 8.06. The Morgan fingerprint density at radius 2 is 2.12 bits per heavy atom. The van der Waals surface area contributed by atoms with Crippen molar-refractivity contribution in [1.82, 2.24) is 10.2 Å². The number of guanidine groups is 1. The molecule has 3 rings (SSSR count). The number of benzene rings is 1. The first-order valence-electron chi connectivity index (χ1n) is 9.05. The lowest BCUT2D eigenvalue weighted by atomic mass is 10.1. The van der Waals surface area contributed by atoms with E-state index in [4.69, 9.17) is 0 Å². The number of thioether (sulfide) groups is 1. The highest BCUT2D eigenvalue weighted by atomic mass is 127. The Balaban J connectivity index is 0.00000243. The van der Waals surface area contributed by atoms with Crippen LogP contribution < -0.4 is 10.2 Å². The van der Waals surface area contributed by atoms with Crippen LogP contribution in [0.2, 0.25) is 0 Å². The maximum Gasteiger partial charge on any atom is 0.246 e. The minimum atomic E-state index is 0. The summed E-state index contributed by atoms with van der Waals surface area (Å²) in [5, 5.41) is 3.90. The van der Waals surface area contributed by atoms with Crippen LogP contribution in [0.15, 0.2) is 29.3 Å². The third-order valence-corrected chi connectivity index (χ3v) is 6.47. The predicted octanol–water partition coefficient (Wildman–Crippen LogP) is 2.84. The first-order chi connectivity index (χ1) is 12.1. The van der Waals surface area contributed by atoms with Crippen molar-refractivity contribution < 1.29 is 4.79 Å². The lowest BCUT2D eigenvalue weighted by Gasteiger charge is -2.36. The summed E-state index contributed by atoms with van der Waals surface area (Å²) < 4.78 is 0. The fourth-order valence-electron chi connectivity index (χ4n) is 3.45. The average molecular weight is 488 g/mol. The van der Waals surface area contributed by atoms with Crippen LogP contribution in [0.25, 0.3) is 0 Å². The molecule has 1 N–H and O–H groups in total. The van der Waals surface area contributed by atoms with Gasteiger partial charge in [-0.25, -0.2) is 0 Å². The Hall–Kier alpha value is -0.960. The molecule has 26 heavy (non-hydrogen) atoms. The molecular formula is C19H29IN4OS. The quantitative estimate of drug-likeness (QED) is 0.404. The van der Waals surface area contributed by atoms with E-state index < -0.39 is 0 Å². The fourth-order valence-corrected chi connectivity index (χ4v) is 4.75. The molecule has 7 heteroatoms. The summed E-state index contributed by atoms with van der Waals surface area (Å²) in [4.78, 5) is 21.2. The third kappa shape index (κ3) is 4.85. The van der Waals surface area contributed by atoms with E-state index in [0.717, 1.165) is 43.5 Å². The van der Waals surface area contributed by atoms with E-state index in [9.17, 15) is 4.79 Å². The van der Waals surface area contributed by atoms with Crippen LogP contribution in [-0.4, -0.2) is 61.0 Å². The molecule has 2 aliphatic heterocycles. The van der Waals surface area contributed by atoms with Crippen molar-refractivity contribution in [2.24, 2.45) is 10.9 Å². The van der Waals surface area contributed by atoms with E-state index in [1.54, 1.807) is 7.05 Å². The van der Waals surface area contributed by atoms with Gasteiger partial charge in [0.2, 0.25) is 5.91 Å². The molecule has 0 radical (unpaired) electrons. The Morgan fingerprint density at radius 1 is 1.35 bits per heavy atom. The molecule has 0 aromatic heterocycles.